The van der Waals surface area contributed by atoms with E-state index < -0.39 is 23.7 Å². The molecule has 1 aliphatic heterocycles. The highest BCUT2D eigenvalue weighted by molar-refractivity contribution is 7.14. The van der Waals surface area contributed by atoms with Crippen LogP contribution >= 0.6 is 11.3 Å². The topological polar surface area (TPSA) is 83.6 Å². The van der Waals surface area contributed by atoms with Crippen molar-refractivity contribution in [3.05, 3.63) is 11.1 Å². The quantitative estimate of drug-likeness (QED) is 0.599. The summed E-state index contributed by atoms with van der Waals surface area (Å²) in [5, 5.41) is 4.98. The lowest BCUT2D eigenvalue weighted by Gasteiger charge is -2.26. The first-order valence-corrected chi connectivity index (χ1v) is 8.16. The number of halogens is 3. The van der Waals surface area contributed by atoms with Gasteiger partial charge in [-0.2, -0.15) is 13.2 Å². The number of hydrogen-bond acceptors (Lipinski definition) is 6. The van der Waals surface area contributed by atoms with Gasteiger partial charge in [0, 0.05) is 25.0 Å². The van der Waals surface area contributed by atoms with Gasteiger partial charge in [0.15, 0.2) is 10.8 Å². The Morgan fingerprint density at radius 2 is 2.00 bits per heavy atom. The van der Waals surface area contributed by atoms with Crippen LogP contribution in [0.2, 0.25) is 0 Å². The fourth-order valence-electron chi connectivity index (χ4n) is 2.02. The van der Waals surface area contributed by atoms with Crippen molar-refractivity contribution in [3.8, 4) is 0 Å². The number of amides is 2. The molecule has 1 aromatic heterocycles. The molecule has 0 unspecified atom stereocenters. The number of carbonyl (C=O) groups is 2. The Morgan fingerprint density at radius 1 is 1.29 bits per heavy atom. The maximum absolute atomic E-state index is 12.4. The van der Waals surface area contributed by atoms with E-state index in [1.165, 1.54) is 0 Å². The number of carbonyl (C=O) groups excluding carboxylic acids is 2. The minimum Gasteiger partial charge on any atom is -0.379 e. The van der Waals surface area contributed by atoms with Crippen molar-refractivity contribution in [2.24, 2.45) is 0 Å². The maximum Gasteiger partial charge on any atom is 0.434 e. The van der Waals surface area contributed by atoms with Gasteiger partial charge >= 0.3 is 18.0 Å². The zero-order chi connectivity index (χ0) is 17.6. The second-order valence-electron chi connectivity index (χ2n) is 5.05. The molecule has 0 atom stereocenters. The van der Waals surface area contributed by atoms with Gasteiger partial charge in [0.1, 0.15) is 0 Å². The Bertz CT molecular complexity index is 573. The Labute approximate surface area is 140 Å². The molecule has 2 heterocycles. The van der Waals surface area contributed by atoms with Crippen LogP contribution in [-0.2, 0) is 20.5 Å². The number of nitrogens with zero attached hydrogens (tertiary/aromatic N) is 2. The van der Waals surface area contributed by atoms with Crippen molar-refractivity contribution in [2.75, 3.05) is 44.7 Å². The Kier molecular flexibility index (Phi) is 6.52. The summed E-state index contributed by atoms with van der Waals surface area (Å²) >= 11 is 0.608. The van der Waals surface area contributed by atoms with Crippen LogP contribution in [0.3, 0.4) is 0 Å². The second kappa shape index (κ2) is 8.40. The largest absolute Gasteiger partial charge is 0.434 e. The van der Waals surface area contributed by atoms with E-state index in [-0.39, 0.29) is 5.13 Å². The van der Waals surface area contributed by atoms with Crippen LogP contribution in [0, 0.1) is 0 Å². The number of thiazole rings is 1. The molecule has 0 saturated carbocycles. The molecule has 7 nitrogen and oxygen atoms in total. The number of morpholine rings is 1. The number of alkyl halides is 3. The molecule has 0 spiro atoms. The molecule has 2 N–H and O–H groups in total. The van der Waals surface area contributed by atoms with E-state index in [9.17, 15) is 22.8 Å². The molecule has 11 heteroatoms. The Morgan fingerprint density at radius 3 is 2.62 bits per heavy atom. The molecule has 134 valence electrons. The summed E-state index contributed by atoms with van der Waals surface area (Å²) in [6.07, 6.45) is -3.92. The van der Waals surface area contributed by atoms with Crippen molar-refractivity contribution in [1.82, 2.24) is 15.2 Å². The fourth-order valence-corrected chi connectivity index (χ4v) is 2.74. The molecule has 1 aromatic rings. The second-order valence-corrected chi connectivity index (χ2v) is 5.91. The summed E-state index contributed by atoms with van der Waals surface area (Å²) in [5.41, 5.74) is -1.10. The van der Waals surface area contributed by atoms with E-state index in [4.69, 9.17) is 4.74 Å². The molecule has 2 rings (SSSR count). The van der Waals surface area contributed by atoms with E-state index in [0.29, 0.717) is 37.5 Å². The van der Waals surface area contributed by atoms with Crippen molar-refractivity contribution < 1.29 is 27.5 Å². The van der Waals surface area contributed by atoms with Gasteiger partial charge in [0.25, 0.3) is 0 Å². The van der Waals surface area contributed by atoms with Gasteiger partial charge in [-0.1, -0.05) is 0 Å². The molecule has 0 bridgehead atoms. The molecule has 1 saturated heterocycles. The number of aromatic nitrogens is 1. The third-order valence-corrected chi connectivity index (χ3v) is 4.02. The van der Waals surface area contributed by atoms with E-state index in [1.54, 1.807) is 0 Å². The summed E-state index contributed by atoms with van der Waals surface area (Å²) < 4.78 is 42.4. The van der Waals surface area contributed by atoms with Crippen LogP contribution in [0.15, 0.2) is 5.38 Å². The van der Waals surface area contributed by atoms with Gasteiger partial charge in [-0.3, -0.25) is 19.8 Å². The summed E-state index contributed by atoms with van der Waals surface area (Å²) in [6, 6.07) is 0. The molecule has 1 fully saturated rings. The van der Waals surface area contributed by atoms with Crippen molar-refractivity contribution >= 4 is 28.3 Å². The number of anilines is 1. The van der Waals surface area contributed by atoms with E-state index in [0.717, 1.165) is 25.0 Å². The Hall–Kier alpha value is -1.72. The SMILES string of the molecule is O=C(NCCCN1CCOCC1)C(=O)Nc1nc(C(F)(F)F)cs1. The smallest absolute Gasteiger partial charge is 0.379 e. The average Bonchev–Trinajstić information content (AvgIpc) is 3.01. The van der Waals surface area contributed by atoms with Crippen LogP contribution in [0.25, 0.3) is 0 Å². The normalized spacial score (nSPS) is 16.0. The molecule has 0 aromatic carbocycles. The molecule has 24 heavy (non-hydrogen) atoms. The van der Waals surface area contributed by atoms with Gasteiger partial charge < -0.3 is 10.1 Å². The molecular weight excluding hydrogens is 349 g/mol. The van der Waals surface area contributed by atoms with Crippen LogP contribution in [0.5, 0.6) is 0 Å². The molecule has 1 aliphatic rings. The average molecular weight is 366 g/mol. The third kappa shape index (κ3) is 5.73. The minimum atomic E-state index is -4.58. The standard InChI is InChI=1S/C13H17F3N4O3S/c14-13(15,16)9-8-24-12(18-9)19-11(22)10(21)17-2-1-3-20-4-6-23-7-5-20/h8H,1-7H2,(H,17,21)(H,18,19,22). The van der Waals surface area contributed by atoms with Crippen molar-refractivity contribution in [1.29, 1.82) is 0 Å². The van der Waals surface area contributed by atoms with E-state index in [2.05, 4.69) is 20.5 Å². The van der Waals surface area contributed by atoms with Crippen molar-refractivity contribution in [3.63, 3.8) is 0 Å². The molecular formula is C13H17F3N4O3S. The number of hydrogen-bond donors (Lipinski definition) is 2. The van der Waals surface area contributed by atoms with Crippen LogP contribution in [-0.4, -0.2) is 61.1 Å². The molecule has 0 radical (unpaired) electrons. The van der Waals surface area contributed by atoms with Gasteiger partial charge in [-0.15, -0.1) is 11.3 Å². The lowest BCUT2D eigenvalue weighted by molar-refractivity contribution is -0.140. The lowest BCUT2D eigenvalue weighted by Crippen LogP contribution is -2.39. The van der Waals surface area contributed by atoms with Gasteiger partial charge in [0.2, 0.25) is 0 Å². The minimum absolute atomic E-state index is 0.268. The molecule has 0 aliphatic carbocycles. The van der Waals surface area contributed by atoms with E-state index in [1.807, 2.05) is 0 Å². The van der Waals surface area contributed by atoms with Crippen LogP contribution < -0.4 is 10.6 Å². The summed E-state index contributed by atoms with van der Waals surface area (Å²) in [4.78, 5) is 28.6. The van der Waals surface area contributed by atoms with Gasteiger partial charge in [0.05, 0.1) is 13.2 Å². The van der Waals surface area contributed by atoms with Crippen LogP contribution in [0.1, 0.15) is 12.1 Å². The van der Waals surface area contributed by atoms with Gasteiger partial charge in [-0.25, -0.2) is 4.98 Å². The fraction of sp³-hybridized carbons (Fsp3) is 0.615. The third-order valence-electron chi connectivity index (χ3n) is 3.26. The Balaban J connectivity index is 1.68. The zero-order valence-electron chi connectivity index (χ0n) is 12.7. The lowest BCUT2D eigenvalue weighted by atomic mass is 10.3. The number of nitrogens with one attached hydrogen (secondary N) is 2. The maximum atomic E-state index is 12.4. The van der Waals surface area contributed by atoms with Crippen molar-refractivity contribution in [2.45, 2.75) is 12.6 Å². The molecule has 2 amide bonds. The summed E-state index contributed by atoms with van der Waals surface area (Å²) in [7, 11) is 0. The predicted molar refractivity (Wildman–Crippen MR) is 80.6 cm³/mol. The summed E-state index contributed by atoms with van der Waals surface area (Å²) in [6.45, 7) is 4.10. The van der Waals surface area contributed by atoms with Crippen LogP contribution in [0.4, 0.5) is 18.3 Å². The monoisotopic (exact) mass is 366 g/mol. The summed E-state index contributed by atoms with van der Waals surface area (Å²) in [5.74, 6) is -1.94. The van der Waals surface area contributed by atoms with Gasteiger partial charge in [-0.05, 0) is 13.0 Å². The highest BCUT2D eigenvalue weighted by atomic mass is 32.1. The number of rotatable bonds is 5. The zero-order valence-corrected chi connectivity index (χ0v) is 13.5. The highest BCUT2D eigenvalue weighted by Gasteiger charge is 2.34. The van der Waals surface area contributed by atoms with E-state index >= 15 is 0 Å². The first-order chi connectivity index (χ1) is 11.4. The predicted octanol–water partition coefficient (Wildman–Crippen LogP) is 0.939. The first-order valence-electron chi connectivity index (χ1n) is 7.28. The first kappa shape index (κ1) is 18.6. The highest BCUT2D eigenvalue weighted by Crippen LogP contribution is 2.31. The number of ether oxygens (including phenoxy) is 1.